The van der Waals surface area contributed by atoms with E-state index in [0.29, 0.717) is 5.69 Å². The quantitative estimate of drug-likeness (QED) is 0.660. The maximum Gasteiger partial charge on any atom is 0.309 e. The summed E-state index contributed by atoms with van der Waals surface area (Å²) in [6, 6.07) is 7.49. The molecular formula is C10H9NO2S. The molecule has 0 aliphatic heterocycles. The van der Waals surface area contributed by atoms with Crippen LogP contribution >= 0.6 is 12.6 Å². The molecule has 0 atom stereocenters. The second-order valence-corrected chi connectivity index (χ2v) is 3.59. The minimum Gasteiger partial charge on any atom is -0.481 e. The van der Waals surface area contributed by atoms with Crippen LogP contribution in [-0.4, -0.2) is 16.1 Å². The first-order chi connectivity index (χ1) is 6.66. The lowest BCUT2D eigenvalue weighted by atomic mass is 10.2. The van der Waals surface area contributed by atoms with Gasteiger partial charge in [0.1, 0.15) is 0 Å². The maximum atomic E-state index is 10.5. The van der Waals surface area contributed by atoms with Crippen molar-refractivity contribution in [3.63, 3.8) is 0 Å². The van der Waals surface area contributed by atoms with Gasteiger partial charge in [-0.05, 0) is 18.2 Å². The van der Waals surface area contributed by atoms with Gasteiger partial charge < -0.3 is 10.1 Å². The molecule has 0 aliphatic carbocycles. The van der Waals surface area contributed by atoms with Crippen LogP contribution in [0.2, 0.25) is 0 Å². The monoisotopic (exact) mass is 207 g/mol. The van der Waals surface area contributed by atoms with E-state index in [2.05, 4.69) is 17.6 Å². The topological polar surface area (TPSA) is 53.1 Å². The number of carbonyl (C=O) groups is 1. The van der Waals surface area contributed by atoms with Gasteiger partial charge in [-0.3, -0.25) is 4.79 Å². The number of aliphatic carboxylic acids is 1. The van der Waals surface area contributed by atoms with E-state index in [9.17, 15) is 4.79 Å². The largest absolute Gasteiger partial charge is 0.481 e. The minimum absolute atomic E-state index is 0.0158. The first kappa shape index (κ1) is 9.15. The Bertz CT molecular complexity index is 490. The molecule has 4 heteroatoms. The van der Waals surface area contributed by atoms with Crippen LogP contribution in [0.1, 0.15) is 5.69 Å². The summed E-state index contributed by atoms with van der Waals surface area (Å²) in [4.78, 5) is 14.4. The van der Waals surface area contributed by atoms with Gasteiger partial charge in [-0.15, -0.1) is 12.6 Å². The Morgan fingerprint density at radius 1 is 1.50 bits per heavy atom. The first-order valence-corrected chi connectivity index (χ1v) is 4.63. The second kappa shape index (κ2) is 3.38. The number of nitrogens with one attached hydrogen (secondary N) is 1. The van der Waals surface area contributed by atoms with Gasteiger partial charge in [-0.1, -0.05) is 6.07 Å². The maximum absolute atomic E-state index is 10.5. The number of aromatic nitrogens is 1. The number of carboxylic acid groups (broad SMARTS) is 1. The molecule has 2 rings (SSSR count). The lowest BCUT2D eigenvalue weighted by Crippen LogP contribution is -1.99. The van der Waals surface area contributed by atoms with Gasteiger partial charge in [0, 0.05) is 21.5 Å². The number of hydrogen-bond donors (Lipinski definition) is 3. The van der Waals surface area contributed by atoms with Crippen LogP contribution in [0, 0.1) is 0 Å². The van der Waals surface area contributed by atoms with E-state index in [-0.39, 0.29) is 6.42 Å². The minimum atomic E-state index is -0.836. The van der Waals surface area contributed by atoms with Gasteiger partial charge in [0.25, 0.3) is 0 Å². The van der Waals surface area contributed by atoms with Crippen molar-refractivity contribution in [2.45, 2.75) is 11.3 Å². The molecule has 3 nitrogen and oxygen atoms in total. The molecule has 0 unspecified atom stereocenters. The lowest BCUT2D eigenvalue weighted by molar-refractivity contribution is -0.136. The third-order valence-electron chi connectivity index (χ3n) is 2.04. The highest BCUT2D eigenvalue weighted by Gasteiger charge is 2.05. The summed E-state index contributed by atoms with van der Waals surface area (Å²) in [6.45, 7) is 0. The van der Waals surface area contributed by atoms with Crippen LogP contribution in [0.25, 0.3) is 10.9 Å². The molecule has 1 aromatic carbocycles. The summed E-state index contributed by atoms with van der Waals surface area (Å²) in [7, 11) is 0. The zero-order chi connectivity index (χ0) is 10.1. The van der Waals surface area contributed by atoms with Gasteiger partial charge >= 0.3 is 5.97 Å². The molecule has 0 amide bonds. The molecule has 0 radical (unpaired) electrons. The molecule has 0 aliphatic rings. The molecule has 1 aromatic heterocycles. The Morgan fingerprint density at radius 2 is 2.29 bits per heavy atom. The Balaban J connectivity index is 2.51. The Labute approximate surface area is 86.2 Å². The van der Waals surface area contributed by atoms with E-state index in [1.54, 1.807) is 0 Å². The summed E-state index contributed by atoms with van der Waals surface area (Å²) in [6.07, 6.45) is 0.0158. The molecule has 72 valence electrons. The van der Waals surface area contributed by atoms with Gasteiger partial charge in [-0.25, -0.2) is 0 Å². The Hall–Kier alpha value is -1.42. The number of thiol groups is 1. The van der Waals surface area contributed by atoms with Gasteiger partial charge in [0.15, 0.2) is 0 Å². The molecule has 0 saturated heterocycles. The molecular weight excluding hydrogens is 198 g/mol. The van der Waals surface area contributed by atoms with Crippen molar-refractivity contribution in [2.24, 2.45) is 0 Å². The van der Waals surface area contributed by atoms with E-state index < -0.39 is 5.97 Å². The lowest BCUT2D eigenvalue weighted by Gasteiger charge is -1.91. The van der Waals surface area contributed by atoms with Crippen LogP contribution in [0.5, 0.6) is 0 Å². The summed E-state index contributed by atoms with van der Waals surface area (Å²) in [5.41, 5.74) is 1.63. The van der Waals surface area contributed by atoms with Gasteiger partial charge in [0.05, 0.1) is 6.42 Å². The van der Waals surface area contributed by atoms with Gasteiger partial charge in [-0.2, -0.15) is 0 Å². The highest BCUT2D eigenvalue weighted by molar-refractivity contribution is 7.80. The number of aromatic amines is 1. The molecule has 2 N–H and O–H groups in total. The van der Waals surface area contributed by atoms with Crippen molar-refractivity contribution in [1.29, 1.82) is 0 Å². The predicted octanol–water partition coefficient (Wildman–Crippen LogP) is 2.08. The van der Waals surface area contributed by atoms with Crippen LogP contribution in [-0.2, 0) is 11.2 Å². The van der Waals surface area contributed by atoms with Crippen LogP contribution in [0.15, 0.2) is 29.2 Å². The number of carboxylic acids is 1. The normalized spacial score (nSPS) is 10.6. The zero-order valence-corrected chi connectivity index (χ0v) is 8.21. The smallest absolute Gasteiger partial charge is 0.309 e. The summed E-state index contributed by atoms with van der Waals surface area (Å²) < 4.78 is 0. The van der Waals surface area contributed by atoms with E-state index in [4.69, 9.17) is 5.11 Å². The van der Waals surface area contributed by atoms with Crippen LogP contribution < -0.4 is 0 Å². The van der Waals surface area contributed by atoms with E-state index in [1.165, 1.54) is 0 Å². The van der Waals surface area contributed by atoms with Crippen molar-refractivity contribution in [3.8, 4) is 0 Å². The van der Waals surface area contributed by atoms with Crippen molar-refractivity contribution < 1.29 is 9.90 Å². The molecule has 1 heterocycles. The highest BCUT2D eigenvalue weighted by Crippen LogP contribution is 2.22. The molecule has 2 aromatic rings. The molecule has 0 fully saturated rings. The van der Waals surface area contributed by atoms with Crippen LogP contribution in [0.4, 0.5) is 0 Å². The summed E-state index contributed by atoms with van der Waals surface area (Å²) in [5.74, 6) is -0.836. The number of hydrogen-bond acceptors (Lipinski definition) is 2. The Morgan fingerprint density at radius 3 is 2.93 bits per heavy atom. The third kappa shape index (κ3) is 1.61. The SMILES string of the molecule is O=C(O)Cc1cc2c(S)cccc2[nH]1. The van der Waals surface area contributed by atoms with E-state index in [1.807, 2.05) is 24.3 Å². The second-order valence-electron chi connectivity index (χ2n) is 3.10. The third-order valence-corrected chi connectivity index (χ3v) is 2.43. The van der Waals surface area contributed by atoms with Crippen molar-refractivity contribution in [1.82, 2.24) is 4.98 Å². The first-order valence-electron chi connectivity index (χ1n) is 4.18. The average molecular weight is 207 g/mol. The van der Waals surface area contributed by atoms with Gasteiger partial charge in [0.2, 0.25) is 0 Å². The fourth-order valence-electron chi connectivity index (χ4n) is 1.46. The highest BCUT2D eigenvalue weighted by atomic mass is 32.1. The number of rotatable bonds is 2. The molecule has 0 bridgehead atoms. The molecule has 0 spiro atoms. The number of benzene rings is 1. The Kier molecular flexibility index (Phi) is 2.21. The fourth-order valence-corrected chi connectivity index (χ4v) is 1.73. The molecule has 0 saturated carbocycles. The van der Waals surface area contributed by atoms with Crippen LogP contribution in [0.3, 0.4) is 0 Å². The fraction of sp³-hybridized carbons (Fsp3) is 0.100. The van der Waals surface area contributed by atoms with Crippen molar-refractivity contribution >= 4 is 29.5 Å². The van der Waals surface area contributed by atoms with Crippen molar-refractivity contribution in [2.75, 3.05) is 0 Å². The molecule has 14 heavy (non-hydrogen) atoms. The van der Waals surface area contributed by atoms with E-state index in [0.717, 1.165) is 15.8 Å². The summed E-state index contributed by atoms with van der Waals surface area (Å²) >= 11 is 4.29. The zero-order valence-electron chi connectivity index (χ0n) is 7.32. The summed E-state index contributed by atoms with van der Waals surface area (Å²) in [5, 5.41) is 9.59. The predicted molar refractivity (Wildman–Crippen MR) is 56.9 cm³/mol. The number of fused-ring (bicyclic) bond motifs is 1. The van der Waals surface area contributed by atoms with Crippen molar-refractivity contribution in [3.05, 3.63) is 30.0 Å². The average Bonchev–Trinajstić information content (AvgIpc) is 2.47. The standard InChI is InChI=1S/C10H9NO2S/c12-10(13)5-6-4-7-8(11-6)2-1-3-9(7)14/h1-4,11,14H,5H2,(H,12,13). The van der Waals surface area contributed by atoms with E-state index >= 15 is 0 Å². The number of H-pyrrole nitrogens is 1.